The van der Waals surface area contributed by atoms with Crippen molar-refractivity contribution in [1.82, 2.24) is 0 Å². The van der Waals surface area contributed by atoms with E-state index in [0.717, 1.165) is 6.08 Å². The zero-order valence-corrected chi connectivity index (χ0v) is 15.1. The van der Waals surface area contributed by atoms with E-state index in [4.69, 9.17) is 4.74 Å². The number of fused-ring (bicyclic) bond motifs is 1. The number of anilines is 2. The predicted molar refractivity (Wildman–Crippen MR) is 99.3 cm³/mol. The first-order chi connectivity index (χ1) is 13.0. The van der Waals surface area contributed by atoms with Crippen LogP contribution in [0.2, 0.25) is 0 Å². The highest BCUT2D eigenvalue weighted by Gasteiger charge is 2.35. The van der Waals surface area contributed by atoms with Crippen LogP contribution in [-0.2, 0) is 4.79 Å². The molecule has 0 fully saturated rings. The van der Waals surface area contributed by atoms with Gasteiger partial charge < -0.3 is 15.4 Å². The summed E-state index contributed by atoms with van der Waals surface area (Å²) in [4.78, 5) is 24.3. The molecule has 1 aliphatic rings. The van der Waals surface area contributed by atoms with Crippen molar-refractivity contribution in [3.63, 3.8) is 0 Å². The number of amides is 2. The molecule has 1 heterocycles. The summed E-state index contributed by atoms with van der Waals surface area (Å²) < 4.78 is 42.2. The van der Waals surface area contributed by atoms with Gasteiger partial charge in [-0.3, -0.25) is 9.59 Å². The SMILES string of the molecule is CC1(C)Oc2ccc(NC(=O)c3ccc(C=CC(F)(F)F)cc3)cc2NC1=O. The smallest absolute Gasteiger partial charge is 0.409 e. The van der Waals surface area contributed by atoms with E-state index < -0.39 is 17.7 Å². The first-order valence-electron chi connectivity index (χ1n) is 8.35. The summed E-state index contributed by atoms with van der Waals surface area (Å²) in [5, 5.41) is 5.40. The molecular weight excluding hydrogens is 373 g/mol. The van der Waals surface area contributed by atoms with Crippen molar-refractivity contribution in [3.05, 3.63) is 59.7 Å². The average Bonchev–Trinajstić information content (AvgIpc) is 2.61. The van der Waals surface area contributed by atoms with Crippen LogP contribution in [0.25, 0.3) is 6.08 Å². The van der Waals surface area contributed by atoms with Gasteiger partial charge in [0.1, 0.15) is 5.75 Å². The lowest BCUT2D eigenvalue weighted by atomic mass is 10.1. The lowest BCUT2D eigenvalue weighted by Gasteiger charge is -2.31. The average molecular weight is 390 g/mol. The zero-order chi connectivity index (χ0) is 20.5. The van der Waals surface area contributed by atoms with Gasteiger partial charge in [-0.05, 0) is 49.7 Å². The normalized spacial score (nSPS) is 15.5. The van der Waals surface area contributed by atoms with Crippen molar-refractivity contribution in [2.45, 2.75) is 25.6 Å². The summed E-state index contributed by atoms with van der Waals surface area (Å²) in [6.45, 7) is 3.29. The molecular formula is C20H17F3N2O3. The van der Waals surface area contributed by atoms with Gasteiger partial charge in [0.2, 0.25) is 0 Å². The van der Waals surface area contributed by atoms with E-state index in [1.807, 2.05) is 0 Å². The second-order valence-electron chi connectivity index (χ2n) is 6.73. The summed E-state index contributed by atoms with van der Waals surface area (Å²) in [6.07, 6.45) is -3.33. The summed E-state index contributed by atoms with van der Waals surface area (Å²) in [5.41, 5.74) is 0.497. The van der Waals surface area contributed by atoms with E-state index in [-0.39, 0.29) is 17.5 Å². The second kappa shape index (κ2) is 7.03. The Morgan fingerprint density at radius 2 is 1.82 bits per heavy atom. The molecule has 0 spiro atoms. The minimum absolute atomic E-state index is 0.132. The number of hydrogen-bond donors (Lipinski definition) is 2. The van der Waals surface area contributed by atoms with Crippen molar-refractivity contribution in [2.75, 3.05) is 10.6 Å². The molecule has 0 bridgehead atoms. The van der Waals surface area contributed by atoms with Crippen LogP contribution in [0.3, 0.4) is 0 Å². The molecule has 2 amide bonds. The number of carbonyl (C=O) groups is 2. The summed E-state index contributed by atoms with van der Waals surface area (Å²) >= 11 is 0. The maximum Gasteiger partial charge on any atom is 0.409 e. The van der Waals surface area contributed by atoms with Crippen molar-refractivity contribution in [2.24, 2.45) is 0 Å². The van der Waals surface area contributed by atoms with E-state index in [1.54, 1.807) is 32.0 Å². The largest absolute Gasteiger partial charge is 0.476 e. The van der Waals surface area contributed by atoms with Crippen LogP contribution in [0.15, 0.2) is 48.5 Å². The molecule has 2 aromatic carbocycles. The van der Waals surface area contributed by atoms with Gasteiger partial charge in [0.05, 0.1) is 5.69 Å². The van der Waals surface area contributed by atoms with Crippen molar-refractivity contribution in [1.29, 1.82) is 0 Å². The Kier molecular flexibility index (Phi) is 4.89. The van der Waals surface area contributed by atoms with Gasteiger partial charge >= 0.3 is 6.18 Å². The van der Waals surface area contributed by atoms with Crippen LogP contribution in [0.1, 0.15) is 29.8 Å². The highest BCUT2D eigenvalue weighted by molar-refractivity contribution is 6.05. The maximum absolute atomic E-state index is 12.4. The van der Waals surface area contributed by atoms with Gasteiger partial charge in [-0.15, -0.1) is 0 Å². The van der Waals surface area contributed by atoms with Crippen LogP contribution in [0, 0.1) is 0 Å². The van der Waals surface area contributed by atoms with Crippen LogP contribution in [-0.4, -0.2) is 23.6 Å². The molecule has 2 aromatic rings. The number of allylic oxidation sites excluding steroid dienone is 1. The first-order valence-corrected chi connectivity index (χ1v) is 8.35. The Bertz CT molecular complexity index is 948. The molecule has 5 nitrogen and oxygen atoms in total. The minimum Gasteiger partial charge on any atom is -0.476 e. The highest BCUT2D eigenvalue weighted by atomic mass is 19.4. The molecule has 146 valence electrons. The Morgan fingerprint density at radius 3 is 2.46 bits per heavy atom. The Balaban J connectivity index is 1.71. The molecule has 3 rings (SSSR count). The zero-order valence-electron chi connectivity index (χ0n) is 15.1. The molecule has 0 saturated carbocycles. The molecule has 2 N–H and O–H groups in total. The minimum atomic E-state index is -4.39. The standard InChI is InChI=1S/C20H17F3N2O3/c1-19(2)18(27)25-15-11-14(7-8-16(15)28-19)24-17(26)13-5-3-12(4-6-13)9-10-20(21,22)23/h3-11H,1-2H3,(H,24,26)(H,25,27). The third-order valence-corrected chi connectivity index (χ3v) is 4.04. The molecule has 28 heavy (non-hydrogen) atoms. The van der Waals surface area contributed by atoms with Crippen LogP contribution < -0.4 is 15.4 Å². The maximum atomic E-state index is 12.4. The van der Waals surface area contributed by atoms with Crippen LogP contribution >= 0.6 is 0 Å². The number of alkyl halides is 3. The number of carbonyl (C=O) groups excluding carboxylic acids is 2. The van der Waals surface area contributed by atoms with Crippen LogP contribution in [0.4, 0.5) is 24.5 Å². The number of nitrogens with one attached hydrogen (secondary N) is 2. The third-order valence-electron chi connectivity index (χ3n) is 4.04. The Labute approximate surface area is 159 Å². The molecule has 0 atom stereocenters. The molecule has 8 heteroatoms. The number of hydrogen-bond acceptors (Lipinski definition) is 3. The number of halogens is 3. The van der Waals surface area contributed by atoms with E-state index >= 15 is 0 Å². The van der Waals surface area contributed by atoms with E-state index in [9.17, 15) is 22.8 Å². The molecule has 1 aliphatic heterocycles. The van der Waals surface area contributed by atoms with Gasteiger partial charge in [-0.2, -0.15) is 13.2 Å². The van der Waals surface area contributed by atoms with Crippen molar-refractivity contribution >= 4 is 29.3 Å². The summed E-state index contributed by atoms with van der Waals surface area (Å²) in [6, 6.07) is 10.5. The quantitative estimate of drug-likeness (QED) is 0.803. The van der Waals surface area contributed by atoms with Crippen molar-refractivity contribution < 1.29 is 27.5 Å². The lowest BCUT2D eigenvalue weighted by Crippen LogP contribution is -2.45. The molecule has 0 unspecified atom stereocenters. The van der Waals surface area contributed by atoms with Gasteiger partial charge in [0.25, 0.3) is 11.8 Å². The number of rotatable bonds is 3. The van der Waals surface area contributed by atoms with Gasteiger partial charge in [0.15, 0.2) is 5.60 Å². The fraction of sp³-hybridized carbons (Fsp3) is 0.200. The predicted octanol–water partition coefficient (Wildman–Crippen LogP) is 4.62. The number of ether oxygens (including phenoxy) is 1. The molecule has 0 radical (unpaired) electrons. The van der Waals surface area contributed by atoms with E-state index in [1.165, 1.54) is 24.3 Å². The van der Waals surface area contributed by atoms with Gasteiger partial charge in [-0.25, -0.2) is 0 Å². The summed E-state index contributed by atoms with van der Waals surface area (Å²) in [5.74, 6) is -0.246. The highest BCUT2D eigenvalue weighted by Crippen LogP contribution is 2.35. The van der Waals surface area contributed by atoms with E-state index in [2.05, 4.69) is 10.6 Å². The molecule has 0 aliphatic carbocycles. The monoisotopic (exact) mass is 390 g/mol. The van der Waals surface area contributed by atoms with E-state index in [0.29, 0.717) is 22.7 Å². The Hall–Kier alpha value is -3.29. The Morgan fingerprint density at radius 1 is 1.14 bits per heavy atom. The number of benzene rings is 2. The fourth-order valence-corrected chi connectivity index (χ4v) is 2.53. The third kappa shape index (κ3) is 4.51. The van der Waals surface area contributed by atoms with Crippen LogP contribution in [0.5, 0.6) is 5.75 Å². The summed E-state index contributed by atoms with van der Waals surface area (Å²) in [7, 11) is 0. The topological polar surface area (TPSA) is 67.4 Å². The second-order valence-corrected chi connectivity index (χ2v) is 6.73. The van der Waals surface area contributed by atoms with Crippen molar-refractivity contribution in [3.8, 4) is 5.75 Å². The first kappa shape index (κ1) is 19.5. The fourth-order valence-electron chi connectivity index (χ4n) is 2.53. The molecule has 0 aromatic heterocycles. The van der Waals surface area contributed by atoms with Gasteiger partial charge in [-0.1, -0.05) is 18.2 Å². The van der Waals surface area contributed by atoms with Gasteiger partial charge in [0, 0.05) is 17.3 Å². The lowest BCUT2D eigenvalue weighted by molar-refractivity contribution is -0.129. The molecule has 0 saturated heterocycles.